The molecule has 0 aliphatic carbocycles. The number of hydrogen-bond donors (Lipinski definition) is 1. The molecular weight excluding hydrogens is 160 g/mol. The van der Waals surface area contributed by atoms with E-state index < -0.39 is 0 Å². The van der Waals surface area contributed by atoms with Gasteiger partial charge in [0, 0.05) is 31.6 Å². The first-order valence-corrected chi connectivity index (χ1v) is 4.02. The molecule has 0 N–H and O–H groups in total. The second kappa shape index (κ2) is 3.57. The highest BCUT2D eigenvalue weighted by atomic mass is 32.1. The molecule has 0 aliphatic heterocycles. The van der Waals surface area contributed by atoms with Crippen molar-refractivity contribution in [1.82, 2.24) is 9.55 Å². The van der Waals surface area contributed by atoms with Crippen LogP contribution < -0.4 is 0 Å². The first-order valence-electron chi connectivity index (χ1n) is 3.38. The van der Waals surface area contributed by atoms with Crippen LogP contribution in [0, 0.1) is 0 Å². The van der Waals surface area contributed by atoms with E-state index in [1.807, 2.05) is 0 Å². The van der Waals surface area contributed by atoms with E-state index in [2.05, 4.69) is 17.6 Å². The van der Waals surface area contributed by atoms with E-state index in [-0.39, 0.29) is 5.78 Å². The molecule has 0 saturated heterocycles. The molecule has 0 amide bonds. The van der Waals surface area contributed by atoms with E-state index in [0.717, 1.165) is 12.3 Å². The zero-order valence-electron chi connectivity index (χ0n) is 6.32. The van der Waals surface area contributed by atoms with Gasteiger partial charge in [0.25, 0.3) is 0 Å². The van der Waals surface area contributed by atoms with Crippen LogP contribution in [0.15, 0.2) is 12.4 Å². The van der Waals surface area contributed by atoms with Gasteiger partial charge in [0.15, 0.2) is 11.6 Å². The van der Waals surface area contributed by atoms with Crippen molar-refractivity contribution < 1.29 is 4.79 Å². The van der Waals surface area contributed by atoms with Crippen molar-refractivity contribution in [1.29, 1.82) is 0 Å². The Hall–Kier alpha value is -0.770. The van der Waals surface area contributed by atoms with Crippen molar-refractivity contribution in [2.24, 2.45) is 0 Å². The van der Waals surface area contributed by atoms with E-state index in [9.17, 15) is 4.79 Å². The van der Waals surface area contributed by atoms with Gasteiger partial charge in [0.05, 0.1) is 0 Å². The number of thiol groups is 1. The molecule has 0 fully saturated rings. The van der Waals surface area contributed by atoms with Crippen LogP contribution in [-0.4, -0.2) is 21.1 Å². The molecule has 60 valence electrons. The van der Waals surface area contributed by atoms with Crippen molar-refractivity contribution in [2.75, 3.05) is 5.75 Å². The fourth-order valence-electron chi connectivity index (χ4n) is 0.910. The molecule has 4 heteroatoms. The third kappa shape index (κ3) is 1.83. The van der Waals surface area contributed by atoms with E-state index in [4.69, 9.17) is 0 Å². The Morgan fingerprint density at radius 2 is 2.55 bits per heavy atom. The molecule has 1 aromatic rings. The number of aromatic nitrogens is 2. The minimum atomic E-state index is -0.00298. The molecule has 1 heterocycles. The maximum atomic E-state index is 10.9. The van der Waals surface area contributed by atoms with Crippen LogP contribution >= 0.6 is 12.6 Å². The predicted octanol–water partition coefficient (Wildman–Crippen LogP) is 1.02. The van der Waals surface area contributed by atoms with E-state index in [1.54, 1.807) is 17.0 Å². The zero-order valence-corrected chi connectivity index (χ0v) is 7.21. The van der Waals surface area contributed by atoms with Crippen molar-refractivity contribution in [2.45, 2.75) is 13.5 Å². The van der Waals surface area contributed by atoms with Gasteiger partial charge in [0.1, 0.15) is 0 Å². The van der Waals surface area contributed by atoms with Gasteiger partial charge in [-0.05, 0) is 0 Å². The van der Waals surface area contributed by atoms with Crippen molar-refractivity contribution in [3.8, 4) is 0 Å². The number of Topliss-reactive ketones (excluding diaryl/α,β-unsaturated/α-hetero) is 1. The Morgan fingerprint density at radius 1 is 1.82 bits per heavy atom. The molecule has 0 radical (unpaired) electrons. The molecule has 0 saturated carbocycles. The fourth-order valence-corrected chi connectivity index (χ4v) is 1.13. The van der Waals surface area contributed by atoms with Gasteiger partial charge in [0.2, 0.25) is 0 Å². The lowest BCUT2D eigenvalue weighted by Crippen LogP contribution is -2.07. The number of ketones is 1. The summed E-state index contributed by atoms with van der Waals surface area (Å²) in [5.74, 6) is 1.23. The van der Waals surface area contributed by atoms with E-state index >= 15 is 0 Å². The summed E-state index contributed by atoms with van der Waals surface area (Å²) in [4.78, 5) is 14.8. The van der Waals surface area contributed by atoms with Crippen LogP contribution in [0.1, 0.15) is 17.5 Å². The molecule has 0 aromatic carbocycles. The number of carbonyl (C=O) groups excluding carboxylic acids is 1. The van der Waals surface area contributed by atoms with Gasteiger partial charge in [-0.3, -0.25) is 4.79 Å². The molecule has 1 aromatic heterocycles. The summed E-state index contributed by atoms with van der Waals surface area (Å²) in [6.45, 7) is 2.25. The highest BCUT2D eigenvalue weighted by molar-refractivity contribution is 7.80. The Kier molecular flexibility index (Phi) is 2.70. The lowest BCUT2D eigenvalue weighted by Gasteiger charge is -2.00. The lowest BCUT2D eigenvalue weighted by atomic mass is 10.4. The summed E-state index contributed by atoms with van der Waals surface area (Å²) < 4.78 is 1.80. The van der Waals surface area contributed by atoms with E-state index in [1.165, 1.54) is 6.92 Å². The summed E-state index contributed by atoms with van der Waals surface area (Å²) in [5, 5.41) is 0. The van der Waals surface area contributed by atoms with Crippen LogP contribution in [0.5, 0.6) is 0 Å². The SMILES string of the molecule is CC(=O)c1nccn1CCS. The quantitative estimate of drug-likeness (QED) is 0.543. The highest BCUT2D eigenvalue weighted by Crippen LogP contribution is 1.98. The summed E-state index contributed by atoms with van der Waals surface area (Å²) in [6, 6.07) is 0. The predicted molar refractivity (Wildman–Crippen MR) is 46.1 cm³/mol. The first kappa shape index (κ1) is 8.33. The number of rotatable bonds is 3. The molecule has 0 atom stereocenters. The van der Waals surface area contributed by atoms with Crippen LogP contribution in [-0.2, 0) is 6.54 Å². The van der Waals surface area contributed by atoms with Crippen molar-refractivity contribution >= 4 is 18.4 Å². The van der Waals surface area contributed by atoms with Gasteiger partial charge in [-0.25, -0.2) is 4.98 Å². The number of carbonyl (C=O) groups is 1. The van der Waals surface area contributed by atoms with Gasteiger partial charge >= 0.3 is 0 Å². The zero-order chi connectivity index (χ0) is 8.27. The van der Waals surface area contributed by atoms with Gasteiger partial charge in [-0.15, -0.1) is 0 Å². The summed E-state index contributed by atoms with van der Waals surface area (Å²) in [7, 11) is 0. The second-order valence-corrected chi connectivity index (χ2v) is 2.67. The molecular formula is C7H10N2OS. The lowest BCUT2D eigenvalue weighted by molar-refractivity contribution is 0.0999. The third-order valence-corrected chi connectivity index (χ3v) is 1.57. The normalized spacial score (nSPS) is 10.0. The maximum absolute atomic E-state index is 10.9. The molecule has 11 heavy (non-hydrogen) atoms. The molecule has 0 spiro atoms. The van der Waals surface area contributed by atoms with Crippen LogP contribution in [0.2, 0.25) is 0 Å². The molecule has 1 rings (SSSR count). The summed E-state index contributed by atoms with van der Waals surface area (Å²) in [5.41, 5.74) is 0. The maximum Gasteiger partial charge on any atom is 0.195 e. The summed E-state index contributed by atoms with van der Waals surface area (Å²) >= 11 is 4.06. The first-order chi connectivity index (χ1) is 5.25. The number of imidazole rings is 1. The number of nitrogens with zero attached hydrogens (tertiary/aromatic N) is 2. The fraction of sp³-hybridized carbons (Fsp3) is 0.429. The van der Waals surface area contributed by atoms with Crippen molar-refractivity contribution in [3.63, 3.8) is 0 Å². The monoisotopic (exact) mass is 170 g/mol. The third-order valence-electron chi connectivity index (χ3n) is 1.37. The average molecular weight is 170 g/mol. The highest BCUT2D eigenvalue weighted by Gasteiger charge is 2.05. The molecule has 3 nitrogen and oxygen atoms in total. The van der Waals surface area contributed by atoms with Crippen LogP contribution in [0.25, 0.3) is 0 Å². The van der Waals surface area contributed by atoms with Gasteiger partial charge < -0.3 is 4.57 Å². The smallest absolute Gasteiger partial charge is 0.195 e. The van der Waals surface area contributed by atoms with Crippen LogP contribution in [0.3, 0.4) is 0 Å². The minimum Gasteiger partial charge on any atom is -0.328 e. The minimum absolute atomic E-state index is 0.00298. The Labute approximate surface area is 70.8 Å². The number of hydrogen-bond acceptors (Lipinski definition) is 3. The molecule has 0 bridgehead atoms. The molecule has 0 unspecified atom stereocenters. The second-order valence-electron chi connectivity index (χ2n) is 2.22. The Bertz CT molecular complexity index is 257. The standard InChI is InChI=1S/C7H10N2OS/c1-6(10)7-8-2-3-9(7)4-5-11/h2-3,11H,4-5H2,1H3. The van der Waals surface area contributed by atoms with Gasteiger partial charge in [-0.1, -0.05) is 0 Å². The Morgan fingerprint density at radius 3 is 3.09 bits per heavy atom. The van der Waals surface area contributed by atoms with E-state index in [0.29, 0.717) is 5.82 Å². The number of aryl methyl sites for hydroxylation is 1. The van der Waals surface area contributed by atoms with Crippen LogP contribution in [0.4, 0.5) is 0 Å². The average Bonchev–Trinajstić information content (AvgIpc) is 2.36. The topological polar surface area (TPSA) is 34.9 Å². The summed E-state index contributed by atoms with van der Waals surface area (Å²) in [6.07, 6.45) is 3.41. The van der Waals surface area contributed by atoms with Gasteiger partial charge in [-0.2, -0.15) is 12.6 Å². The Balaban J connectivity index is 2.87. The van der Waals surface area contributed by atoms with Crippen molar-refractivity contribution in [3.05, 3.63) is 18.2 Å². The molecule has 0 aliphatic rings. The largest absolute Gasteiger partial charge is 0.328 e.